The van der Waals surface area contributed by atoms with E-state index in [-0.39, 0.29) is 18.3 Å². The molecule has 1 atom stereocenters. The van der Waals surface area contributed by atoms with E-state index in [4.69, 9.17) is 11.6 Å². The first kappa shape index (κ1) is 17.6. The maximum atomic E-state index is 12.2. The highest BCUT2D eigenvalue weighted by Gasteiger charge is 2.22. The zero-order chi connectivity index (χ0) is 13.7. The summed E-state index contributed by atoms with van der Waals surface area (Å²) in [6.07, 6.45) is 2.24. The molecule has 1 amide bonds. The Morgan fingerprint density at radius 1 is 1.45 bits per heavy atom. The van der Waals surface area contributed by atoms with Gasteiger partial charge in [-0.15, -0.1) is 24.2 Å². The molecule has 1 unspecified atom stereocenters. The van der Waals surface area contributed by atoms with Crippen LogP contribution in [0.15, 0.2) is 29.2 Å². The lowest BCUT2D eigenvalue weighted by Crippen LogP contribution is -2.47. The molecule has 20 heavy (non-hydrogen) atoms. The Balaban J connectivity index is 0.00000200. The fourth-order valence-electron chi connectivity index (χ4n) is 2.21. The van der Waals surface area contributed by atoms with E-state index in [1.165, 1.54) is 0 Å². The second-order valence-corrected chi connectivity index (χ2v) is 6.20. The number of hydrogen-bond donors (Lipinski definition) is 1. The Morgan fingerprint density at radius 2 is 2.15 bits per heavy atom. The molecule has 0 aromatic heterocycles. The maximum absolute atomic E-state index is 12.2. The molecular weight excluding hydrogens is 315 g/mol. The number of halogens is 2. The van der Waals surface area contributed by atoms with Gasteiger partial charge in [0.15, 0.2) is 0 Å². The lowest BCUT2D eigenvalue weighted by molar-refractivity contribution is -0.129. The normalized spacial score (nSPS) is 18.5. The molecule has 1 aliphatic rings. The van der Waals surface area contributed by atoms with Crippen LogP contribution in [0.2, 0.25) is 5.02 Å². The number of thioether (sulfide) groups is 1. The Bertz CT molecular complexity index is 428. The molecule has 1 aliphatic heterocycles. The second-order valence-electron chi connectivity index (χ2n) is 4.71. The second kappa shape index (κ2) is 8.78. The lowest BCUT2D eigenvalue weighted by atomic mass is 10.1. The standard InChI is InChI=1S/C14H19ClN2OS.ClH/c1-16-12-3-2-8-17(9-12)14(18)10-19-13-6-4-11(15)5-7-13;/h4-7,12,16H,2-3,8-10H2,1H3;1H. The molecule has 112 valence electrons. The first-order valence-corrected chi connectivity index (χ1v) is 7.89. The number of nitrogens with one attached hydrogen (secondary N) is 1. The van der Waals surface area contributed by atoms with E-state index in [1.54, 1.807) is 11.8 Å². The minimum Gasteiger partial charge on any atom is -0.340 e. The van der Waals surface area contributed by atoms with Crippen molar-refractivity contribution < 1.29 is 4.79 Å². The van der Waals surface area contributed by atoms with Gasteiger partial charge in [-0.05, 0) is 44.2 Å². The van der Waals surface area contributed by atoms with Gasteiger partial charge in [-0.1, -0.05) is 11.6 Å². The smallest absolute Gasteiger partial charge is 0.232 e. The molecule has 1 aromatic carbocycles. The van der Waals surface area contributed by atoms with E-state index >= 15 is 0 Å². The van der Waals surface area contributed by atoms with Crippen LogP contribution >= 0.6 is 35.8 Å². The van der Waals surface area contributed by atoms with Crippen LogP contribution < -0.4 is 5.32 Å². The van der Waals surface area contributed by atoms with Crippen molar-refractivity contribution in [1.82, 2.24) is 10.2 Å². The van der Waals surface area contributed by atoms with Crippen LogP contribution in [-0.4, -0.2) is 42.7 Å². The number of likely N-dealkylation sites (N-methyl/N-ethyl adjacent to an activating group) is 1. The molecule has 1 aromatic rings. The van der Waals surface area contributed by atoms with Gasteiger partial charge < -0.3 is 10.2 Å². The molecule has 1 N–H and O–H groups in total. The van der Waals surface area contributed by atoms with E-state index in [2.05, 4.69) is 5.32 Å². The molecule has 0 aliphatic carbocycles. The molecule has 0 bridgehead atoms. The summed E-state index contributed by atoms with van der Waals surface area (Å²) in [7, 11) is 1.96. The van der Waals surface area contributed by atoms with Crippen molar-refractivity contribution in [2.75, 3.05) is 25.9 Å². The average Bonchev–Trinajstić information content (AvgIpc) is 2.46. The minimum atomic E-state index is 0. The predicted molar refractivity (Wildman–Crippen MR) is 88.1 cm³/mol. The van der Waals surface area contributed by atoms with E-state index in [0.717, 1.165) is 35.8 Å². The summed E-state index contributed by atoms with van der Waals surface area (Å²) in [6.45, 7) is 1.72. The quantitative estimate of drug-likeness (QED) is 0.859. The fourth-order valence-corrected chi connectivity index (χ4v) is 3.13. The van der Waals surface area contributed by atoms with Crippen LogP contribution in [0.5, 0.6) is 0 Å². The van der Waals surface area contributed by atoms with Gasteiger partial charge in [-0.2, -0.15) is 0 Å². The summed E-state index contributed by atoms with van der Waals surface area (Å²) in [5.74, 6) is 0.720. The molecule has 0 saturated carbocycles. The van der Waals surface area contributed by atoms with E-state index in [9.17, 15) is 4.79 Å². The van der Waals surface area contributed by atoms with Crippen molar-refractivity contribution in [2.24, 2.45) is 0 Å². The number of amides is 1. The Morgan fingerprint density at radius 3 is 2.80 bits per heavy atom. The van der Waals surface area contributed by atoms with Gasteiger partial charge in [0.1, 0.15) is 0 Å². The molecule has 1 heterocycles. The molecule has 3 nitrogen and oxygen atoms in total. The lowest BCUT2D eigenvalue weighted by Gasteiger charge is -2.32. The summed E-state index contributed by atoms with van der Waals surface area (Å²) < 4.78 is 0. The van der Waals surface area contributed by atoms with Crippen LogP contribution in [0, 0.1) is 0 Å². The molecule has 1 saturated heterocycles. The van der Waals surface area contributed by atoms with Crippen LogP contribution in [-0.2, 0) is 4.79 Å². The largest absolute Gasteiger partial charge is 0.340 e. The number of benzene rings is 1. The Hall–Kier alpha value is -0.420. The maximum Gasteiger partial charge on any atom is 0.232 e. The Kier molecular flexibility index (Phi) is 7.74. The number of rotatable bonds is 4. The number of carbonyl (C=O) groups excluding carboxylic acids is 1. The molecule has 0 radical (unpaired) electrons. The van der Waals surface area contributed by atoms with E-state index in [0.29, 0.717) is 11.8 Å². The first-order valence-electron chi connectivity index (χ1n) is 6.52. The van der Waals surface area contributed by atoms with Gasteiger partial charge in [0.2, 0.25) is 5.91 Å². The number of carbonyl (C=O) groups is 1. The van der Waals surface area contributed by atoms with Crippen LogP contribution in [0.25, 0.3) is 0 Å². The molecule has 2 rings (SSSR count). The van der Waals surface area contributed by atoms with E-state index in [1.807, 2.05) is 36.2 Å². The highest BCUT2D eigenvalue weighted by Crippen LogP contribution is 2.21. The monoisotopic (exact) mass is 334 g/mol. The highest BCUT2D eigenvalue weighted by molar-refractivity contribution is 8.00. The van der Waals surface area contributed by atoms with Gasteiger partial charge in [-0.25, -0.2) is 0 Å². The zero-order valence-electron chi connectivity index (χ0n) is 11.5. The van der Waals surface area contributed by atoms with Gasteiger partial charge >= 0.3 is 0 Å². The summed E-state index contributed by atoms with van der Waals surface area (Å²) in [5.41, 5.74) is 0. The van der Waals surface area contributed by atoms with Crippen LogP contribution in [0.3, 0.4) is 0 Å². The van der Waals surface area contributed by atoms with Gasteiger partial charge in [-0.3, -0.25) is 4.79 Å². The number of piperidine rings is 1. The summed E-state index contributed by atoms with van der Waals surface area (Å²) >= 11 is 7.41. The van der Waals surface area contributed by atoms with E-state index < -0.39 is 0 Å². The first-order chi connectivity index (χ1) is 9.19. The Labute approximate surface area is 135 Å². The van der Waals surface area contributed by atoms with Crippen molar-refractivity contribution in [3.8, 4) is 0 Å². The highest BCUT2D eigenvalue weighted by atomic mass is 35.5. The third kappa shape index (κ3) is 5.17. The summed E-state index contributed by atoms with van der Waals surface area (Å²) in [4.78, 5) is 15.2. The summed E-state index contributed by atoms with van der Waals surface area (Å²) in [6, 6.07) is 8.05. The van der Waals surface area contributed by atoms with Crippen LogP contribution in [0.1, 0.15) is 12.8 Å². The molecular formula is C14H20Cl2N2OS. The predicted octanol–water partition coefficient (Wildman–Crippen LogP) is 3.06. The van der Waals surface area contributed by atoms with Gasteiger partial charge in [0.05, 0.1) is 5.75 Å². The average molecular weight is 335 g/mol. The number of hydrogen-bond acceptors (Lipinski definition) is 3. The van der Waals surface area contributed by atoms with Crippen molar-refractivity contribution >= 4 is 41.7 Å². The van der Waals surface area contributed by atoms with Crippen molar-refractivity contribution in [1.29, 1.82) is 0 Å². The van der Waals surface area contributed by atoms with Crippen LogP contribution in [0.4, 0.5) is 0 Å². The van der Waals surface area contributed by atoms with Gasteiger partial charge in [0, 0.05) is 29.0 Å². The molecule has 6 heteroatoms. The SMILES string of the molecule is CNC1CCCN(C(=O)CSc2ccc(Cl)cc2)C1.Cl. The third-order valence-electron chi connectivity index (χ3n) is 3.36. The van der Waals surface area contributed by atoms with Crippen molar-refractivity contribution in [3.05, 3.63) is 29.3 Å². The van der Waals surface area contributed by atoms with Gasteiger partial charge in [0.25, 0.3) is 0 Å². The summed E-state index contributed by atoms with van der Waals surface area (Å²) in [5, 5.41) is 3.98. The van der Waals surface area contributed by atoms with Crippen molar-refractivity contribution in [2.45, 2.75) is 23.8 Å². The third-order valence-corrected chi connectivity index (χ3v) is 4.61. The minimum absolute atomic E-state index is 0. The fraction of sp³-hybridized carbons (Fsp3) is 0.500. The molecule has 1 fully saturated rings. The van der Waals surface area contributed by atoms with Crippen molar-refractivity contribution in [3.63, 3.8) is 0 Å². The zero-order valence-corrected chi connectivity index (χ0v) is 13.9. The number of nitrogens with zero attached hydrogens (tertiary/aromatic N) is 1. The molecule has 0 spiro atoms. The topological polar surface area (TPSA) is 32.3 Å². The number of likely N-dealkylation sites (tertiary alicyclic amines) is 1.